The summed E-state index contributed by atoms with van der Waals surface area (Å²) in [5.41, 5.74) is 0. The van der Waals surface area contributed by atoms with E-state index in [1.54, 1.807) is 0 Å². The lowest BCUT2D eigenvalue weighted by Crippen LogP contribution is -2.28. The molecule has 0 spiro atoms. The van der Waals surface area contributed by atoms with Crippen LogP contribution in [0, 0.1) is 5.92 Å². The number of halogens is 2. The van der Waals surface area contributed by atoms with Crippen LogP contribution in [0.5, 0.6) is 5.88 Å². The Balaban J connectivity index is 2.10. The van der Waals surface area contributed by atoms with Gasteiger partial charge in [-0.3, -0.25) is 0 Å². The molecule has 0 aliphatic heterocycles. The Bertz CT molecular complexity index is 373. The molecule has 3 nitrogen and oxygen atoms in total. The molecular formula is C11H14Cl2N2O. The first-order valence-corrected chi connectivity index (χ1v) is 6.27. The normalized spacial score (nSPS) is 25.4. The van der Waals surface area contributed by atoms with E-state index in [0.717, 1.165) is 6.42 Å². The Labute approximate surface area is 105 Å². The molecule has 1 aromatic rings. The summed E-state index contributed by atoms with van der Waals surface area (Å²) in [6, 6.07) is 0. The van der Waals surface area contributed by atoms with Crippen molar-refractivity contribution in [2.45, 2.75) is 38.7 Å². The summed E-state index contributed by atoms with van der Waals surface area (Å²) in [6.07, 6.45) is 6.39. The van der Waals surface area contributed by atoms with Crippen LogP contribution >= 0.6 is 23.2 Å². The van der Waals surface area contributed by atoms with E-state index in [-0.39, 0.29) is 11.4 Å². The van der Waals surface area contributed by atoms with E-state index >= 15 is 0 Å². The molecule has 1 heterocycles. The molecule has 88 valence electrons. The van der Waals surface area contributed by atoms with Crippen LogP contribution in [-0.2, 0) is 0 Å². The van der Waals surface area contributed by atoms with Crippen LogP contribution in [0.25, 0.3) is 0 Å². The minimum Gasteiger partial charge on any atom is -0.473 e. The van der Waals surface area contributed by atoms with Gasteiger partial charge in [0.15, 0.2) is 0 Å². The molecule has 0 radical (unpaired) electrons. The van der Waals surface area contributed by atoms with E-state index in [2.05, 4.69) is 16.9 Å². The summed E-state index contributed by atoms with van der Waals surface area (Å²) in [5.74, 6) is 0.943. The predicted molar refractivity (Wildman–Crippen MR) is 64.1 cm³/mol. The predicted octanol–water partition coefficient (Wildman–Crippen LogP) is 3.74. The number of rotatable bonds is 2. The number of hydrogen-bond donors (Lipinski definition) is 0. The Morgan fingerprint density at radius 1 is 1.31 bits per heavy atom. The van der Waals surface area contributed by atoms with Gasteiger partial charge in [-0.05, 0) is 36.8 Å². The molecule has 0 bridgehead atoms. The molecule has 2 atom stereocenters. The lowest BCUT2D eigenvalue weighted by atomic mass is 9.88. The van der Waals surface area contributed by atoms with Crippen molar-refractivity contribution >= 4 is 23.2 Å². The average Bonchev–Trinajstić information content (AvgIpc) is 2.27. The highest BCUT2D eigenvalue weighted by molar-refractivity contribution is 6.32. The largest absolute Gasteiger partial charge is 0.473 e. The van der Waals surface area contributed by atoms with Crippen LogP contribution in [0.3, 0.4) is 0 Å². The second kappa shape index (κ2) is 5.19. The number of aromatic nitrogens is 2. The van der Waals surface area contributed by atoms with Crippen LogP contribution in [0.4, 0.5) is 0 Å². The third kappa shape index (κ3) is 2.77. The van der Waals surface area contributed by atoms with Crippen molar-refractivity contribution in [2.75, 3.05) is 0 Å². The van der Waals surface area contributed by atoms with Crippen molar-refractivity contribution in [3.8, 4) is 5.88 Å². The summed E-state index contributed by atoms with van der Waals surface area (Å²) in [7, 11) is 0. The lowest BCUT2D eigenvalue weighted by Gasteiger charge is -2.28. The maximum atomic E-state index is 5.95. The molecule has 1 fully saturated rings. The van der Waals surface area contributed by atoms with E-state index in [1.807, 2.05) is 0 Å². The second-order valence-electron chi connectivity index (χ2n) is 4.21. The molecule has 0 saturated heterocycles. The van der Waals surface area contributed by atoms with E-state index in [9.17, 15) is 0 Å². The summed E-state index contributed by atoms with van der Waals surface area (Å²) >= 11 is 11.7. The van der Waals surface area contributed by atoms with Crippen LogP contribution in [0.15, 0.2) is 6.20 Å². The van der Waals surface area contributed by atoms with Gasteiger partial charge in [0.2, 0.25) is 11.2 Å². The van der Waals surface area contributed by atoms with Gasteiger partial charge in [0.25, 0.3) is 0 Å². The Morgan fingerprint density at radius 2 is 2.06 bits per heavy atom. The van der Waals surface area contributed by atoms with Gasteiger partial charge in [0.1, 0.15) is 11.1 Å². The van der Waals surface area contributed by atoms with Crippen LogP contribution < -0.4 is 4.74 Å². The number of hydrogen-bond acceptors (Lipinski definition) is 3. The zero-order chi connectivity index (χ0) is 11.5. The van der Waals surface area contributed by atoms with Crippen LogP contribution in [-0.4, -0.2) is 16.1 Å². The third-order valence-corrected chi connectivity index (χ3v) is 3.42. The van der Waals surface area contributed by atoms with Gasteiger partial charge in [-0.25, -0.2) is 4.98 Å². The third-order valence-electron chi connectivity index (χ3n) is 2.98. The zero-order valence-corrected chi connectivity index (χ0v) is 10.6. The SMILES string of the molecule is CC1CCCCC1Oc1nc(Cl)ncc1Cl. The number of nitrogens with zero attached hydrogens (tertiary/aromatic N) is 2. The fourth-order valence-electron chi connectivity index (χ4n) is 2.01. The zero-order valence-electron chi connectivity index (χ0n) is 9.12. The van der Waals surface area contributed by atoms with Gasteiger partial charge >= 0.3 is 0 Å². The molecule has 1 aromatic heterocycles. The van der Waals surface area contributed by atoms with E-state index in [1.165, 1.54) is 25.5 Å². The number of ether oxygens (including phenoxy) is 1. The van der Waals surface area contributed by atoms with Crippen LogP contribution in [0.2, 0.25) is 10.3 Å². The second-order valence-corrected chi connectivity index (χ2v) is 4.96. The van der Waals surface area contributed by atoms with E-state index in [4.69, 9.17) is 27.9 Å². The van der Waals surface area contributed by atoms with Gasteiger partial charge in [0, 0.05) is 0 Å². The molecule has 1 aliphatic rings. The van der Waals surface area contributed by atoms with Crippen molar-refractivity contribution < 1.29 is 4.74 Å². The highest BCUT2D eigenvalue weighted by Crippen LogP contribution is 2.30. The fraction of sp³-hybridized carbons (Fsp3) is 0.636. The minimum atomic E-state index is 0.169. The smallest absolute Gasteiger partial charge is 0.237 e. The molecule has 2 rings (SSSR count). The maximum Gasteiger partial charge on any atom is 0.237 e. The van der Waals surface area contributed by atoms with Crippen LogP contribution in [0.1, 0.15) is 32.6 Å². The summed E-state index contributed by atoms with van der Waals surface area (Å²) in [5, 5.41) is 0.588. The van der Waals surface area contributed by atoms with E-state index in [0.29, 0.717) is 16.8 Å². The topological polar surface area (TPSA) is 35.0 Å². The molecule has 1 saturated carbocycles. The van der Waals surface area contributed by atoms with E-state index < -0.39 is 0 Å². The minimum absolute atomic E-state index is 0.169. The molecule has 5 heteroatoms. The van der Waals surface area contributed by atoms with Crippen molar-refractivity contribution in [1.29, 1.82) is 0 Å². The van der Waals surface area contributed by atoms with Gasteiger partial charge in [-0.15, -0.1) is 0 Å². The first-order chi connectivity index (χ1) is 7.66. The summed E-state index contributed by atoms with van der Waals surface area (Å²) in [4.78, 5) is 7.80. The standard InChI is InChI=1S/C11H14Cl2N2O/c1-7-4-2-3-5-9(7)16-10-8(12)6-14-11(13)15-10/h6-7,9H,2-5H2,1H3. The van der Waals surface area contributed by atoms with Gasteiger partial charge in [-0.2, -0.15) is 4.98 Å². The van der Waals surface area contributed by atoms with Crippen molar-refractivity contribution in [3.05, 3.63) is 16.5 Å². The molecule has 0 amide bonds. The maximum absolute atomic E-state index is 5.95. The highest BCUT2D eigenvalue weighted by atomic mass is 35.5. The van der Waals surface area contributed by atoms with Gasteiger partial charge in [-0.1, -0.05) is 24.9 Å². The lowest BCUT2D eigenvalue weighted by molar-refractivity contribution is 0.0975. The monoisotopic (exact) mass is 260 g/mol. The fourth-order valence-corrected chi connectivity index (χ4v) is 2.28. The van der Waals surface area contributed by atoms with Gasteiger partial charge < -0.3 is 4.74 Å². The quantitative estimate of drug-likeness (QED) is 0.760. The summed E-state index contributed by atoms with van der Waals surface area (Å²) in [6.45, 7) is 2.19. The molecule has 0 N–H and O–H groups in total. The Hall–Kier alpha value is -0.540. The Morgan fingerprint density at radius 3 is 2.81 bits per heavy atom. The van der Waals surface area contributed by atoms with Gasteiger partial charge in [0.05, 0.1) is 6.20 Å². The van der Waals surface area contributed by atoms with Crippen molar-refractivity contribution in [3.63, 3.8) is 0 Å². The molecule has 2 unspecified atom stereocenters. The molecule has 0 aromatic carbocycles. The average molecular weight is 261 g/mol. The molecule has 1 aliphatic carbocycles. The first-order valence-electron chi connectivity index (χ1n) is 5.51. The molecule has 16 heavy (non-hydrogen) atoms. The van der Waals surface area contributed by atoms with Crippen molar-refractivity contribution in [1.82, 2.24) is 9.97 Å². The Kier molecular flexibility index (Phi) is 3.87. The highest BCUT2D eigenvalue weighted by Gasteiger charge is 2.24. The summed E-state index contributed by atoms with van der Waals surface area (Å²) < 4.78 is 5.81. The van der Waals surface area contributed by atoms with Crippen molar-refractivity contribution in [2.24, 2.45) is 5.92 Å². The first kappa shape index (κ1) is 11.9. The molecular weight excluding hydrogens is 247 g/mol.